The van der Waals surface area contributed by atoms with Crippen LogP contribution in [0.2, 0.25) is 0 Å². The van der Waals surface area contributed by atoms with E-state index in [2.05, 4.69) is 15.3 Å². The van der Waals surface area contributed by atoms with Gasteiger partial charge < -0.3 is 15.4 Å². The lowest BCUT2D eigenvalue weighted by Gasteiger charge is -2.13. The molecule has 2 aromatic rings. The molecule has 1 atom stereocenters. The number of aromatic nitrogens is 2. The Bertz CT molecular complexity index is 576. The lowest BCUT2D eigenvalue weighted by atomic mass is 10.1. The Morgan fingerprint density at radius 1 is 1.47 bits per heavy atom. The van der Waals surface area contributed by atoms with Gasteiger partial charge in [0.15, 0.2) is 6.04 Å². The summed E-state index contributed by atoms with van der Waals surface area (Å²) in [6.07, 6.45) is 1.53. The van der Waals surface area contributed by atoms with Crippen molar-refractivity contribution in [3.63, 3.8) is 0 Å². The van der Waals surface area contributed by atoms with Crippen LogP contribution in [0.3, 0.4) is 0 Å². The second-order valence-electron chi connectivity index (χ2n) is 3.65. The van der Waals surface area contributed by atoms with Crippen molar-refractivity contribution < 1.29 is 14.7 Å². The maximum Gasteiger partial charge on any atom is 0.330 e. The predicted octanol–water partition coefficient (Wildman–Crippen LogP) is 0.825. The first-order valence-electron chi connectivity index (χ1n) is 5.01. The van der Waals surface area contributed by atoms with Gasteiger partial charge in [0.25, 0.3) is 0 Å². The first-order chi connectivity index (χ1) is 8.08. The minimum Gasteiger partial charge on any atom is -0.479 e. The number of carboxylic acids is 1. The summed E-state index contributed by atoms with van der Waals surface area (Å²) in [5.41, 5.74) is 1.99. The Morgan fingerprint density at radius 2 is 2.24 bits per heavy atom. The molecule has 0 bridgehead atoms. The van der Waals surface area contributed by atoms with E-state index in [4.69, 9.17) is 5.11 Å². The molecule has 0 fully saturated rings. The van der Waals surface area contributed by atoms with Crippen molar-refractivity contribution in [1.29, 1.82) is 0 Å². The number of benzene rings is 1. The van der Waals surface area contributed by atoms with Crippen LogP contribution >= 0.6 is 0 Å². The van der Waals surface area contributed by atoms with Crippen LogP contribution in [0.4, 0.5) is 0 Å². The number of aromatic amines is 1. The highest BCUT2D eigenvalue weighted by atomic mass is 16.4. The number of imidazole rings is 1. The van der Waals surface area contributed by atoms with Crippen molar-refractivity contribution in [2.75, 3.05) is 0 Å². The molecule has 0 radical (unpaired) electrons. The average Bonchev–Trinajstić information content (AvgIpc) is 2.72. The number of nitrogens with zero attached hydrogens (tertiary/aromatic N) is 1. The second-order valence-corrected chi connectivity index (χ2v) is 3.65. The molecule has 17 heavy (non-hydrogen) atoms. The molecule has 2 rings (SSSR count). The van der Waals surface area contributed by atoms with E-state index in [0.717, 1.165) is 11.0 Å². The van der Waals surface area contributed by atoms with Crippen LogP contribution in [-0.2, 0) is 9.59 Å². The van der Waals surface area contributed by atoms with Gasteiger partial charge in [-0.1, -0.05) is 6.07 Å². The summed E-state index contributed by atoms with van der Waals surface area (Å²) in [4.78, 5) is 28.9. The number of carbonyl (C=O) groups is 2. The molecule has 1 aromatic carbocycles. The van der Waals surface area contributed by atoms with E-state index in [1.807, 2.05) is 0 Å². The molecule has 0 saturated carbocycles. The zero-order chi connectivity index (χ0) is 12.4. The van der Waals surface area contributed by atoms with Crippen molar-refractivity contribution in [2.24, 2.45) is 0 Å². The number of carbonyl (C=O) groups excluding carboxylic acids is 1. The van der Waals surface area contributed by atoms with Crippen LogP contribution in [0.15, 0.2) is 24.5 Å². The maximum atomic E-state index is 11.1. The minimum atomic E-state index is -1.10. The summed E-state index contributed by atoms with van der Waals surface area (Å²) >= 11 is 0. The molecule has 1 aromatic heterocycles. The fourth-order valence-corrected chi connectivity index (χ4v) is 1.62. The molecule has 6 heteroatoms. The Balaban J connectivity index is 2.40. The van der Waals surface area contributed by atoms with Gasteiger partial charge in [-0.25, -0.2) is 9.78 Å². The highest BCUT2D eigenvalue weighted by molar-refractivity contribution is 5.85. The summed E-state index contributed by atoms with van der Waals surface area (Å²) in [7, 11) is 0. The molecule has 1 unspecified atom stereocenters. The monoisotopic (exact) mass is 233 g/mol. The Hall–Kier alpha value is -2.37. The smallest absolute Gasteiger partial charge is 0.330 e. The highest BCUT2D eigenvalue weighted by Gasteiger charge is 2.20. The van der Waals surface area contributed by atoms with Gasteiger partial charge >= 0.3 is 5.97 Å². The number of fused-ring (bicyclic) bond motifs is 1. The van der Waals surface area contributed by atoms with E-state index in [1.54, 1.807) is 18.2 Å². The molecule has 0 aliphatic rings. The first-order valence-corrected chi connectivity index (χ1v) is 5.01. The van der Waals surface area contributed by atoms with Gasteiger partial charge in [-0.2, -0.15) is 0 Å². The van der Waals surface area contributed by atoms with Crippen LogP contribution in [0.25, 0.3) is 11.0 Å². The van der Waals surface area contributed by atoms with E-state index in [1.165, 1.54) is 13.3 Å². The summed E-state index contributed by atoms with van der Waals surface area (Å²) in [6, 6.07) is 3.97. The topological polar surface area (TPSA) is 95.1 Å². The van der Waals surface area contributed by atoms with E-state index < -0.39 is 12.0 Å². The number of H-pyrrole nitrogens is 1. The summed E-state index contributed by atoms with van der Waals surface area (Å²) in [5, 5.41) is 11.4. The van der Waals surface area contributed by atoms with Crippen LogP contribution in [0, 0.1) is 0 Å². The van der Waals surface area contributed by atoms with Gasteiger partial charge in [-0.3, -0.25) is 4.79 Å². The lowest BCUT2D eigenvalue weighted by molar-refractivity contribution is -0.141. The van der Waals surface area contributed by atoms with E-state index in [0.29, 0.717) is 5.56 Å². The quantitative estimate of drug-likeness (QED) is 0.731. The summed E-state index contributed by atoms with van der Waals surface area (Å²) in [6.45, 7) is 1.28. The molecule has 1 heterocycles. The molecular formula is C11H11N3O3. The maximum absolute atomic E-state index is 11.1. The van der Waals surface area contributed by atoms with Gasteiger partial charge in [0.1, 0.15) is 0 Å². The number of hydrogen-bond acceptors (Lipinski definition) is 3. The number of aliphatic carboxylic acids is 1. The van der Waals surface area contributed by atoms with Gasteiger partial charge in [0.2, 0.25) is 5.91 Å². The van der Waals surface area contributed by atoms with Crippen LogP contribution in [0.5, 0.6) is 0 Å². The van der Waals surface area contributed by atoms with Gasteiger partial charge in [0, 0.05) is 6.92 Å². The Labute approximate surface area is 96.7 Å². The number of amides is 1. The van der Waals surface area contributed by atoms with E-state index in [9.17, 15) is 9.59 Å². The van der Waals surface area contributed by atoms with Gasteiger partial charge in [-0.15, -0.1) is 0 Å². The Kier molecular flexibility index (Phi) is 2.78. The summed E-state index contributed by atoms with van der Waals surface area (Å²) < 4.78 is 0. The van der Waals surface area contributed by atoms with Crippen molar-refractivity contribution in [1.82, 2.24) is 15.3 Å². The minimum absolute atomic E-state index is 0.387. The third-order valence-corrected chi connectivity index (χ3v) is 2.37. The molecule has 88 valence electrons. The van der Waals surface area contributed by atoms with Gasteiger partial charge in [-0.05, 0) is 17.7 Å². The number of carboxylic acid groups (broad SMARTS) is 1. The fraction of sp³-hybridized carbons (Fsp3) is 0.182. The van der Waals surface area contributed by atoms with Crippen LogP contribution in [0.1, 0.15) is 18.5 Å². The number of rotatable bonds is 3. The van der Waals surface area contributed by atoms with E-state index in [-0.39, 0.29) is 5.91 Å². The Morgan fingerprint density at radius 3 is 2.88 bits per heavy atom. The highest BCUT2D eigenvalue weighted by Crippen LogP contribution is 2.18. The molecule has 6 nitrogen and oxygen atoms in total. The molecule has 3 N–H and O–H groups in total. The molecule has 0 spiro atoms. The fourth-order valence-electron chi connectivity index (χ4n) is 1.62. The third kappa shape index (κ3) is 2.25. The predicted molar refractivity (Wildman–Crippen MR) is 60.3 cm³/mol. The third-order valence-electron chi connectivity index (χ3n) is 2.37. The zero-order valence-corrected chi connectivity index (χ0v) is 9.10. The molecule has 1 amide bonds. The van der Waals surface area contributed by atoms with Crippen molar-refractivity contribution in [3.05, 3.63) is 30.1 Å². The first kappa shape index (κ1) is 11.1. The molecule has 0 aliphatic heterocycles. The average molecular weight is 233 g/mol. The van der Waals surface area contributed by atoms with Gasteiger partial charge in [0.05, 0.1) is 17.4 Å². The molecule has 0 aliphatic carbocycles. The SMILES string of the molecule is CC(=O)NC(C(=O)O)c1ccc2nc[nH]c2c1. The zero-order valence-electron chi connectivity index (χ0n) is 9.10. The van der Waals surface area contributed by atoms with E-state index >= 15 is 0 Å². The van der Waals surface area contributed by atoms with Crippen molar-refractivity contribution >= 4 is 22.9 Å². The van der Waals surface area contributed by atoms with Crippen molar-refractivity contribution in [3.8, 4) is 0 Å². The standard InChI is InChI=1S/C11H11N3O3/c1-6(15)14-10(11(16)17)7-2-3-8-9(4-7)13-5-12-8/h2-5,10H,1H3,(H,12,13)(H,14,15)(H,16,17). The van der Waals surface area contributed by atoms with Crippen molar-refractivity contribution in [2.45, 2.75) is 13.0 Å². The molecular weight excluding hydrogens is 222 g/mol. The summed E-state index contributed by atoms with van der Waals surface area (Å²) in [5.74, 6) is -1.49. The number of nitrogens with one attached hydrogen (secondary N) is 2. The second kappa shape index (κ2) is 4.25. The normalized spacial score (nSPS) is 12.3. The van der Waals surface area contributed by atoms with Crippen LogP contribution < -0.4 is 5.32 Å². The largest absolute Gasteiger partial charge is 0.479 e. The molecule has 0 saturated heterocycles. The van der Waals surface area contributed by atoms with Crippen LogP contribution in [-0.4, -0.2) is 27.0 Å². The number of hydrogen-bond donors (Lipinski definition) is 3. The lowest BCUT2D eigenvalue weighted by Crippen LogP contribution is -2.31.